The van der Waals surface area contributed by atoms with E-state index < -0.39 is 0 Å². The first-order chi connectivity index (χ1) is 9.61. The van der Waals surface area contributed by atoms with Gasteiger partial charge in [-0.15, -0.1) is 0 Å². The van der Waals surface area contributed by atoms with E-state index in [2.05, 4.69) is 35.5 Å². The summed E-state index contributed by atoms with van der Waals surface area (Å²) in [5.41, 5.74) is 6.52. The maximum atomic E-state index is 6.25. The van der Waals surface area contributed by atoms with Crippen molar-refractivity contribution in [3.05, 3.63) is 0 Å². The molecular weight excluding hydrogens is 248 g/mol. The molecule has 1 atom stereocenters. The predicted molar refractivity (Wildman–Crippen MR) is 86.0 cm³/mol. The zero-order chi connectivity index (χ0) is 14.6. The summed E-state index contributed by atoms with van der Waals surface area (Å²) in [7, 11) is 0. The maximum Gasteiger partial charge on any atom is 0.0345 e. The average molecular weight is 282 g/mol. The van der Waals surface area contributed by atoms with E-state index in [1.54, 1.807) is 0 Å². The lowest BCUT2D eigenvalue weighted by molar-refractivity contribution is 0.0276. The maximum absolute atomic E-state index is 6.25. The lowest BCUT2D eigenvalue weighted by atomic mass is 9.87. The quantitative estimate of drug-likeness (QED) is 0.841. The third-order valence-electron chi connectivity index (χ3n) is 5.55. The Morgan fingerprint density at radius 2 is 1.70 bits per heavy atom. The fourth-order valence-corrected chi connectivity index (χ4v) is 3.90. The molecule has 0 aromatic carbocycles. The molecule has 1 unspecified atom stereocenters. The zero-order valence-corrected chi connectivity index (χ0v) is 13.8. The van der Waals surface area contributed by atoms with Gasteiger partial charge in [-0.3, -0.25) is 4.90 Å². The van der Waals surface area contributed by atoms with E-state index in [9.17, 15) is 0 Å². The third-order valence-corrected chi connectivity index (χ3v) is 5.55. The van der Waals surface area contributed by atoms with Gasteiger partial charge in [0.1, 0.15) is 0 Å². The number of rotatable bonds is 4. The van der Waals surface area contributed by atoms with Gasteiger partial charge in [0.25, 0.3) is 0 Å². The third kappa shape index (κ3) is 3.53. The summed E-state index contributed by atoms with van der Waals surface area (Å²) in [4.78, 5) is 7.89. The molecule has 0 spiro atoms. The van der Waals surface area contributed by atoms with Gasteiger partial charge in [-0.05, 0) is 46.2 Å². The second kappa shape index (κ2) is 7.21. The Morgan fingerprint density at radius 3 is 2.25 bits per heavy atom. The van der Waals surface area contributed by atoms with Gasteiger partial charge in [-0.2, -0.15) is 0 Å². The van der Waals surface area contributed by atoms with Crippen molar-refractivity contribution in [2.45, 2.75) is 51.6 Å². The van der Waals surface area contributed by atoms with Crippen LogP contribution >= 0.6 is 0 Å². The Kier molecular flexibility index (Phi) is 5.84. The first-order valence-corrected chi connectivity index (χ1v) is 8.53. The molecule has 4 nitrogen and oxygen atoms in total. The van der Waals surface area contributed by atoms with Crippen LogP contribution in [0, 0.1) is 0 Å². The summed E-state index contributed by atoms with van der Waals surface area (Å²) < 4.78 is 0. The molecule has 0 amide bonds. The lowest BCUT2D eigenvalue weighted by Crippen LogP contribution is -2.60. The van der Waals surface area contributed by atoms with Crippen molar-refractivity contribution in [1.82, 2.24) is 14.7 Å². The molecular formula is C16H34N4. The summed E-state index contributed by atoms with van der Waals surface area (Å²) in [6.45, 7) is 16.2. The van der Waals surface area contributed by atoms with Crippen molar-refractivity contribution in [2.24, 2.45) is 5.73 Å². The largest absolute Gasteiger partial charge is 0.329 e. The second-order valence-electron chi connectivity index (χ2n) is 6.83. The molecule has 0 aliphatic carbocycles. The first-order valence-electron chi connectivity index (χ1n) is 8.53. The number of nitrogens with zero attached hydrogens (tertiary/aromatic N) is 3. The molecule has 2 aliphatic heterocycles. The number of nitrogens with two attached hydrogens (primary N) is 1. The van der Waals surface area contributed by atoms with Gasteiger partial charge in [0, 0.05) is 50.8 Å². The van der Waals surface area contributed by atoms with Gasteiger partial charge in [-0.1, -0.05) is 6.92 Å². The second-order valence-corrected chi connectivity index (χ2v) is 6.83. The summed E-state index contributed by atoms with van der Waals surface area (Å²) in [5, 5.41) is 0. The van der Waals surface area contributed by atoms with E-state index in [1.807, 2.05) is 0 Å². The molecule has 2 aliphatic rings. The van der Waals surface area contributed by atoms with Crippen molar-refractivity contribution in [3.63, 3.8) is 0 Å². The SMILES string of the molecule is CCN1CCN(C2(CN)CCCN(C(C)C)CC2)CC1. The Balaban J connectivity index is 1.99. The minimum Gasteiger partial charge on any atom is -0.329 e. The molecule has 0 saturated carbocycles. The molecule has 0 aromatic rings. The van der Waals surface area contributed by atoms with Crippen LogP contribution in [0.15, 0.2) is 0 Å². The molecule has 2 rings (SSSR count). The van der Waals surface area contributed by atoms with Gasteiger partial charge in [0.05, 0.1) is 0 Å². The van der Waals surface area contributed by atoms with Gasteiger partial charge in [0.15, 0.2) is 0 Å². The van der Waals surface area contributed by atoms with E-state index in [1.165, 1.54) is 65.1 Å². The minimum atomic E-state index is 0.267. The van der Waals surface area contributed by atoms with Gasteiger partial charge in [-0.25, -0.2) is 0 Å². The summed E-state index contributed by atoms with van der Waals surface area (Å²) in [5.74, 6) is 0. The van der Waals surface area contributed by atoms with E-state index in [0.29, 0.717) is 6.04 Å². The van der Waals surface area contributed by atoms with Crippen LogP contribution in [0.3, 0.4) is 0 Å². The van der Waals surface area contributed by atoms with Gasteiger partial charge in [0.2, 0.25) is 0 Å². The molecule has 2 saturated heterocycles. The van der Waals surface area contributed by atoms with E-state index in [4.69, 9.17) is 5.73 Å². The fourth-order valence-electron chi connectivity index (χ4n) is 3.90. The standard InChI is InChI=1S/C16H34N4/c1-4-18-10-12-20(13-11-18)16(14-17)6-5-8-19(9-7-16)15(2)3/h15H,4-14,17H2,1-3H3. The number of likely N-dealkylation sites (tertiary alicyclic amines) is 1. The Morgan fingerprint density at radius 1 is 1.00 bits per heavy atom. The minimum absolute atomic E-state index is 0.267. The summed E-state index contributed by atoms with van der Waals surface area (Å²) in [6.07, 6.45) is 3.82. The molecule has 0 radical (unpaired) electrons. The van der Waals surface area contributed by atoms with E-state index in [-0.39, 0.29) is 5.54 Å². The van der Waals surface area contributed by atoms with Gasteiger partial charge >= 0.3 is 0 Å². The zero-order valence-electron chi connectivity index (χ0n) is 13.8. The van der Waals surface area contributed by atoms with Gasteiger partial charge < -0.3 is 15.5 Å². The Labute approximate surface area is 125 Å². The van der Waals surface area contributed by atoms with Crippen molar-refractivity contribution in [3.8, 4) is 0 Å². The molecule has 0 bridgehead atoms. The van der Waals surface area contributed by atoms with Crippen LogP contribution in [-0.2, 0) is 0 Å². The number of likely N-dealkylation sites (N-methyl/N-ethyl adjacent to an activating group) is 1. The summed E-state index contributed by atoms with van der Waals surface area (Å²) in [6, 6.07) is 0.667. The van der Waals surface area contributed by atoms with Crippen LogP contribution in [0.4, 0.5) is 0 Å². The van der Waals surface area contributed by atoms with Crippen LogP contribution in [0.5, 0.6) is 0 Å². The highest BCUT2D eigenvalue weighted by atomic mass is 15.3. The topological polar surface area (TPSA) is 35.7 Å². The normalized spacial score (nSPS) is 31.6. The van der Waals surface area contributed by atoms with Crippen molar-refractivity contribution in [1.29, 1.82) is 0 Å². The monoisotopic (exact) mass is 282 g/mol. The van der Waals surface area contributed by atoms with Crippen LogP contribution in [-0.4, -0.2) is 78.6 Å². The highest BCUT2D eigenvalue weighted by Gasteiger charge is 2.38. The van der Waals surface area contributed by atoms with Crippen LogP contribution in [0.1, 0.15) is 40.0 Å². The Bertz CT molecular complexity index is 286. The smallest absolute Gasteiger partial charge is 0.0345 e. The van der Waals surface area contributed by atoms with Crippen molar-refractivity contribution in [2.75, 3.05) is 52.4 Å². The molecule has 20 heavy (non-hydrogen) atoms. The van der Waals surface area contributed by atoms with Crippen LogP contribution in [0.2, 0.25) is 0 Å². The first kappa shape index (κ1) is 16.2. The van der Waals surface area contributed by atoms with Crippen LogP contribution in [0.25, 0.3) is 0 Å². The molecule has 2 fully saturated rings. The number of hydrogen-bond acceptors (Lipinski definition) is 4. The Hall–Kier alpha value is -0.160. The molecule has 0 aromatic heterocycles. The summed E-state index contributed by atoms with van der Waals surface area (Å²) >= 11 is 0. The molecule has 4 heteroatoms. The average Bonchev–Trinajstić information content (AvgIpc) is 2.71. The van der Waals surface area contributed by atoms with Crippen molar-refractivity contribution < 1.29 is 0 Å². The van der Waals surface area contributed by atoms with E-state index in [0.717, 1.165) is 6.54 Å². The molecule has 2 N–H and O–H groups in total. The molecule has 118 valence electrons. The molecule has 2 heterocycles. The highest BCUT2D eigenvalue weighted by Crippen LogP contribution is 2.29. The predicted octanol–water partition coefficient (Wildman–Crippen LogP) is 1.22. The van der Waals surface area contributed by atoms with Crippen LogP contribution < -0.4 is 5.73 Å². The van der Waals surface area contributed by atoms with E-state index >= 15 is 0 Å². The number of piperazine rings is 1. The fraction of sp³-hybridized carbons (Fsp3) is 1.00. The highest BCUT2D eigenvalue weighted by molar-refractivity contribution is 4.96. The lowest BCUT2D eigenvalue weighted by Gasteiger charge is -2.47. The van der Waals surface area contributed by atoms with Crippen molar-refractivity contribution >= 4 is 0 Å². The number of hydrogen-bond donors (Lipinski definition) is 1.